The molecule has 29 heavy (non-hydrogen) atoms. The molecule has 9 heteroatoms. The predicted molar refractivity (Wildman–Crippen MR) is 117 cm³/mol. The van der Waals surface area contributed by atoms with E-state index in [1.54, 1.807) is 35.0 Å². The Morgan fingerprint density at radius 1 is 1.24 bits per heavy atom. The van der Waals surface area contributed by atoms with E-state index in [0.29, 0.717) is 31.4 Å². The third-order valence-electron chi connectivity index (χ3n) is 4.83. The summed E-state index contributed by atoms with van der Waals surface area (Å²) in [6.45, 7) is 3.25. The van der Waals surface area contributed by atoms with Gasteiger partial charge in [-0.15, -0.1) is 11.3 Å². The van der Waals surface area contributed by atoms with Crippen molar-refractivity contribution in [1.29, 1.82) is 0 Å². The second-order valence-electron chi connectivity index (χ2n) is 6.82. The summed E-state index contributed by atoms with van der Waals surface area (Å²) in [7, 11) is 0. The van der Waals surface area contributed by atoms with Gasteiger partial charge in [0.1, 0.15) is 11.6 Å². The minimum absolute atomic E-state index is 0.278. The zero-order valence-corrected chi connectivity index (χ0v) is 18.1. The van der Waals surface area contributed by atoms with E-state index in [2.05, 4.69) is 25.9 Å². The maximum Gasteiger partial charge on any atom is 0.352 e. The van der Waals surface area contributed by atoms with E-state index >= 15 is 0 Å². The lowest BCUT2D eigenvalue weighted by atomic mass is 9.95. The summed E-state index contributed by atoms with van der Waals surface area (Å²) in [5.74, 6) is 0.701. The fourth-order valence-electron chi connectivity index (χ4n) is 3.34. The number of hydrogen-bond donors (Lipinski definition) is 1. The Balaban J connectivity index is 1.56. The first-order valence-corrected chi connectivity index (χ1v) is 10.7. The Hall–Kier alpha value is -2.36. The Morgan fingerprint density at radius 2 is 2.00 bits per heavy atom. The van der Waals surface area contributed by atoms with Gasteiger partial charge in [-0.05, 0) is 58.3 Å². The zero-order valence-electron chi connectivity index (χ0n) is 15.7. The minimum atomic E-state index is -0.334. The van der Waals surface area contributed by atoms with Crippen LogP contribution < -0.4 is 16.3 Å². The molecule has 3 heterocycles. The molecule has 0 fully saturated rings. The smallest absolute Gasteiger partial charge is 0.335 e. The van der Waals surface area contributed by atoms with Crippen LogP contribution in [0.4, 0.5) is 10.3 Å². The van der Waals surface area contributed by atoms with E-state index in [4.69, 9.17) is 5.73 Å². The fourth-order valence-corrected chi connectivity index (χ4v) is 4.81. The van der Waals surface area contributed by atoms with Crippen molar-refractivity contribution in [2.24, 2.45) is 5.73 Å². The average molecular weight is 476 g/mol. The number of nitrogens with zero attached hydrogens (tertiary/aromatic N) is 4. The van der Waals surface area contributed by atoms with Gasteiger partial charge in [-0.2, -0.15) is 9.97 Å². The molecule has 1 aliphatic heterocycles. The van der Waals surface area contributed by atoms with Gasteiger partial charge in [0.05, 0.1) is 10.3 Å². The largest absolute Gasteiger partial charge is 0.352 e. The van der Waals surface area contributed by atoms with E-state index in [-0.39, 0.29) is 17.5 Å². The summed E-state index contributed by atoms with van der Waals surface area (Å²) in [6, 6.07) is 9.93. The van der Waals surface area contributed by atoms with Crippen LogP contribution in [0.15, 0.2) is 51.1 Å². The number of benzene rings is 1. The molecule has 0 saturated heterocycles. The van der Waals surface area contributed by atoms with Crippen LogP contribution in [-0.4, -0.2) is 33.7 Å². The van der Waals surface area contributed by atoms with Crippen molar-refractivity contribution in [1.82, 2.24) is 14.5 Å². The van der Waals surface area contributed by atoms with E-state index in [1.807, 2.05) is 23.1 Å². The number of aromatic nitrogens is 3. The summed E-state index contributed by atoms with van der Waals surface area (Å²) in [5, 5.41) is 0. The highest BCUT2D eigenvalue weighted by molar-refractivity contribution is 9.11. The molecule has 0 radical (unpaired) electrons. The number of aryl methyl sites for hydroxylation is 1. The fraction of sp³-hybridized carbons (Fsp3) is 0.250. The molecule has 1 aromatic carbocycles. The maximum atomic E-state index is 13.2. The summed E-state index contributed by atoms with van der Waals surface area (Å²) >= 11 is 5.01. The van der Waals surface area contributed by atoms with E-state index < -0.39 is 0 Å². The molecule has 6 nitrogen and oxygen atoms in total. The molecule has 150 valence electrons. The molecule has 0 bridgehead atoms. The minimum Gasteiger partial charge on any atom is -0.335 e. The van der Waals surface area contributed by atoms with Crippen molar-refractivity contribution in [3.8, 4) is 0 Å². The summed E-state index contributed by atoms with van der Waals surface area (Å²) in [4.78, 5) is 24.3. The highest BCUT2D eigenvalue weighted by atomic mass is 79.9. The first-order valence-electron chi connectivity index (χ1n) is 9.07. The van der Waals surface area contributed by atoms with Crippen LogP contribution in [0.5, 0.6) is 0 Å². The molecule has 1 aliphatic rings. The van der Waals surface area contributed by atoms with E-state index in [1.165, 1.54) is 12.1 Å². The third-order valence-corrected chi connectivity index (χ3v) is 6.44. The van der Waals surface area contributed by atoms with Crippen LogP contribution in [-0.2, 0) is 6.54 Å². The van der Waals surface area contributed by atoms with Crippen molar-refractivity contribution >= 4 is 38.8 Å². The summed E-state index contributed by atoms with van der Waals surface area (Å²) < 4.78 is 15.7. The molecule has 0 aliphatic carbocycles. The SMILES string of the molecule is Cc1nc(N2CC=C(c3ccc(F)cc3)C(N)C2)nc(=O)n1Cc1ccc(Br)s1. The van der Waals surface area contributed by atoms with Crippen LogP contribution in [0.2, 0.25) is 0 Å². The average Bonchev–Trinajstić information content (AvgIpc) is 3.10. The van der Waals surface area contributed by atoms with Gasteiger partial charge >= 0.3 is 5.69 Å². The van der Waals surface area contributed by atoms with Gasteiger partial charge in [-0.1, -0.05) is 18.2 Å². The lowest BCUT2D eigenvalue weighted by molar-refractivity contribution is 0.627. The summed E-state index contributed by atoms with van der Waals surface area (Å²) in [5.41, 5.74) is 7.86. The second-order valence-corrected chi connectivity index (χ2v) is 9.37. The van der Waals surface area contributed by atoms with Gasteiger partial charge in [0, 0.05) is 24.0 Å². The monoisotopic (exact) mass is 475 g/mol. The number of hydrogen-bond acceptors (Lipinski definition) is 6. The third kappa shape index (κ3) is 4.31. The lowest BCUT2D eigenvalue weighted by Crippen LogP contribution is -2.44. The highest BCUT2D eigenvalue weighted by Crippen LogP contribution is 2.24. The van der Waals surface area contributed by atoms with Crippen molar-refractivity contribution in [3.05, 3.63) is 78.8 Å². The molecule has 1 atom stereocenters. The van der Waals surface area contributed by atoms with E-state index in [0.717, 1.165) is 19.8 Å². The van der Waals surface area contributed by atoms with Crippen LogP contribution in [0.25, 0.3) is 5.57 Å². The first kappa shape index (κ1) is 19.9. The molecule has 0 amide bonds. The molecule has 3 aromatic rings. The number of halogens is 2. The Morgan fingerprint density at radius 3 is 2.62 bits per heavy atom. The first-order chi connectivity index (χ1) is 13.9. The van der Waals surface area contributed by atoms with Gasteiger partial charge in [0.15, 0.2) is 0 Å². The molecule has 0 saturated carbocycles. The zero-order chi connectivity index (χ0) is 20.5. The molecule has 2 N–H and O–H groups in total. The molecule has 1 unspecified atom stereocenters. The predicted octanol–water partition coefficient (Wildman–Crippen LogP) is 3.19. The standard InChI is InChI=1S/C20H19BrFN5OS/c1-12-24-19(25-20(28)27(12)10-15-6-7-18(21)29-15)26-9-8-16(17(23)11-26)13-2-4-14(22)5-3-13/h2-8,17H,9-11,23H2,1H3. The van der Waals surface area contributed by atoms with Crippen molar-refractivity contribution < 1.29 is 4.39 Å². The van der Waals surface area contributed by atoms with Crippen LogP contribution in [0, 0.1) is 12.7 Å². The van der Waals surface area contributed by atoms with Crippen LogP contribution in [0.1, 0.15) is 16.3 Å². The van der Waals surface area contributed by atoms with Crippen LogP contribution >= 0.6 is 27.3 Å². The van der Waals surface area contributed by atoms with Gasteiger partial charge in [0.2, 0.25) is 5.95 Å². The number of anilines is 1. The molecular formula is C20H19BrFN5OS. The molecule has 0 spiro atoms. The number of thiophene rings is 1. The summed E-state index contributed by atoms with van der Waals surface area (Å²) in [6.07, 6.45) is 1.98. The maximum absolute atomic E-state index is 13.2. The lowest BCUT2D eigenvalue weighted by Gasteiger charge is -2.31. The Bertz CT molecular complexity index is 1120. The van der Waals surface area contributed by atoms with E-state index in [9.17, 15) is 9.18 Å². The number of nitrogens with two attached hydrogens (primary N) is 1. The van der Waals surface area contributed by atoms with Gasteiger partial charge in [-0.3, -0.25) is 4.57 Å². The molecule has 2 aromatic heterocycles. The van der Waals surface area contributed by atoms with Gasteiger partial charge in [0.25, 0.3) is 0 Å². The topological polar surface area (TPSA) is 77.0 Å². The second kappa shape index (κ2) is 8.17. The molecular weight excluding hydrogens is 457 g/mol. The van der Waals surface area contributed by atoms with Gasteiger partial charge in [-0.25, -0.2) is 9.18 Å². The normalized spacial score (nSPS) is 16.8. The highest BCUT2D eigenvalue weighted by Gasteiger charge is 2.23. The van der Waals surface area contributed by atoms with Crippen LogP contribution in [0.3, 0.4) is 0 Å². The quantitative estimate of drug-likeness (QED) is 0.626. The number of rotatable bonds is 4. The van der Waals surface area contributed by atoms with Crippen molar-refractivity contribution in [2.75, 3.05) is 18.0 Å². The van der Waals surface area contributed by atoms with Crippen molar-refractivity contribution in [3.63, 3.8) is 0 Å². The molecule has 4 rings (SSSR count). The Labute approximate surface area is 179 Å². The van der Waals surface area contributed by atoms with Gasteiger partial charge < -0.3 is 10.6 Å². The Kier molecular flexibility index (Phi) is 5.62. The van der Waals surface area contributed by atoms with Crippen molar-refractivity contribution in [2.45, 2.75) is 19.5 Å².